The Morgan fingerprint density at radius 2 is 2.13 bits per heavy atom. The van der Waals surface area contributed by atoms with Crippen molar-refractivity contribution in [1.29, 1.82) is 0 Å². The molecule has 0 spiro atoms. The summed E-state index contributed by atoms with van der Waals surface area (Å²) in [6.45, 7) is 3.44. The van der Waals surface area contributed by atoms with E-state index >= 15 is 0 Å². The van der Waals surface area contributed by atoms with Gasteiger partial charge >= 0.3 is 0 Å². The van der Waals surface area contributed by atoms with Gasteiger partial charge in [0.2, 0.25) is 0 Å². The van der Waals surface area contributed by atoms with Crippen LogP contribution in [0.1, 0.15) is 12.0 Å². The zero-order chi connectivity index (χ0) is 10.3. The van der Waals surface area contributed by atoms with E-state index in [1.54, 1.807) is 0 Å². The number of hydrogen-bond acceptors (Lipinski definition) is 2. The first-order valence-electron chi connectivity index (χ1n) is 5.53. The van der Waals surface area contributed by atoms with E-state index in [2.05, 4.69) is 22.3 Å². The van der Waals surface area contributed by atoms with Crippen molar-refractivity contribution in [3.05, 3.63) is 34.9 Å². The number of rotatable bonds is 2. The molecule has 2 atom stereocenters. The van der Waals surface area contributed by atoms with Gasteiger partial charge in [0.1, 0.15) is 0 Å². The second kappa shape index (κ2) is 3.78. The van der Waals surface area contributed by atoms with Crippen LogP contribution in [0.15, 0.2) is 24.3 Å². The number of nitrogens with zero attached hydrogens (tertiary/aromatic N) is 1. The Balaban J connectivity index is 1.68. The maximum atomic E-state index is 5.87. The zero-order valence-electron chi connectivity index (χ0n) is 8.62. The van der Waals surface area contributed by atoms with E-state index in [0.717, 1.165) is 30.2 Å². The predicted molar refractivity (Wildman–Crippen MR) is 62.1 cm³/mol. The van der Waals surface area contributed by atoms with Gasteiger partial charge in [-0.05, 0) is 24.1 Å². The minimum atomic E-state index is 0.738. The molecule has 15 heavy (non-hydrogen) atoms. The Hall–Kier alpha value is -0.570. The largest absolute Gasteiger partial charge is 0.311 e. The summed E-state index contributed by atoms with van der Waals surface area (Å²) in [4.78, 5) is 2.57. The quantitative estimate of drug-likeness (QED) is 0.822. The van der Waals surface area contributed by atoms with Gasteiger partial charge in [-0.15, -0.1) is 0 Å². The van der Waals surface area contributed by atoms with Gasteiger partial charge in [-0.1, -0.05) is 23.7 Å². The summed E-state index contributed by atoms with van der Waals surface area (Å²) < 4.78 is 0. The first-order valence-corrected chi connectivity index (χ1v) is 5.91. The lowest BCUT2D eigenvalue weighted by atomic mass is 10.2. The topological polar surface area (TPSA) is 15.3 Å². The second-order valence-electron chi connectivity index (χ2n) is 4.55. The van der Waals surface area contributed by atoms with Gasteiger partial charge in [0.05, 0.1) is 0 Å². The van der Waals surface area contributed by atoms with Crippen LogP contribution in [-0.4, -0.2) is 30.1 Å². The zero-order valence-corrected chi connectivity index (χ0v) is 9.37. The van der Waals surface area contributed by atoms with Gasteiger partial charge < -0.3 is 5.32 Å². The van der Waals surface area contributed by atoms with E-state index in [1.807, 2.05) is 12.1 Å². The maximum absolute atomic E-state index is 5.87. The molecule has 0 aromatic heterocycles. The number of benzene rings is 1. The van der Waals surface area contributed by atoms with Crippen molar-refractivity contribution < 1.29 is 0 Å². The molecule has 2 aliphatic rings. The molecule has 3 rings (SSSR count). The van der Waals surface area contributed by atoms with Crippen LogP contribution in [0.3, 0.4) is 0 Å². The van der Waals surface area contributed by atoms with Gasteiger partial charge in [-0.25, -0.2) is 0 Å². The monoisotopic (exact) mass is 222 g/mol. The van der Waals surface area contributed by atoms with Crippen molar-refractivity contribution in [1.82, 2.24) is 10.2 Å². The number of likely N-dealkylation sites (tertiary alicyclic amines) is 1. The smallest absolute Gasteiger partial charge is 0.0406 e. The highest BCUT2D eigenvalue weighted by Crippen LogP contribution is 2.25. The van der Waals surface area contributed by atoms with Gasteiger partial charge in [-0.3, -0.25) is 4.90 Å². The average Bonchev–Trinajstić information content (AvgIpc) is 2.83. The van der Waals surface area contributed by atoms with Crippen LogP contribution in [0.4, 0.5) is 0 Å². The third-order valence-corrected chi connectivity index (χ3v) is 3.72. The summed E-state index contributed by atoms with van der Waals surface area (Å²) in [5, 5.41) is 4.34. The molecule has 2 bridgehead atoms. The fourth-order valence-corrected chi connectivity index (χ4v) is 2.79. The second-order valence-corrected chi connectivity index (χ2v) is 4.99. The Morgan fingerprint density at radius 3 is 2.73 bits per heavy atom. The van der Waals surface area contributed by atoms with Crippen molar-refractivity contribution >= 4 is 11.6 Å². The van der Waals surface area contributed by atoms with Crippen molar-refractivity contribution in [3.8, 4) is 0 Å². The van der Waals surface area contributed by atoms with Crippen molar-refractivity contribution in [2.24, 2.45) is 0 Å². The molecule has 1 N–H and O–H groups in total. The Kier molecular flexibility index (Phi) is 2.43. The fourth-order valence-electron chi connectivity index (χ4n) is 2.67. The molecule has 1 aromatic rings. The summed E-state index contributed by atoms with van der Waals surface area (Å²) >= 11 is 5.87. The SMILES string of the molecule is Clc1ccc(CN2C[C@@H]3C[C@H]2CN3)cc1. The fraction of sp³-hybridized carbons (Fsp3) is 0.500. The minimum absolute atomic E-state index is 0.738. The molecule has 0 unspecified atom stereocenters. The lowest BCUT2D eigenvalue weighted by Crippen LogP contribution is -2.42. The molecule has 1 aromatic carbocycles. The normalized spacial score (nSPS) is 29.9. The van der Waals surface area contributed by atoms with Crippen LogP contribution in [0.5, 0.6) is 0 Å². The third-order valence-electron chi connectivity index (χ3n) is 3.47. The number of nitrogens with one attached hydrogen (secondary N) is 1. The molecule has 3 heteroatoms. The number of hydrogen-bond donors (Lipinski definition) is 1. The summed E-state index contributed by atoms with van der Waals surface area (Å²) in [7, 11) is 0. The van der Waals surface area contributed by atoms with Crippen LogP contribution in [0.2, 0.25) is 5.02 Å². The average molecular weight is 223 g/mol. The van der Waals surface area contributed by atoms with Crippen LogP contribution in [-0.2, 0) is 6.54 Å². The lowest BCUT2D eigenvalue weighted by Gasteiger charge is -2.27. The predicted octanol–water partition coefficient (Wildman–Crippen LogP) is 1.89. The van der Waals surface area contributed by atoms with E-state index in [9.17, 15) is 0 Å². The molecular weight excluding hydrogens is 208 g/mol. The summed E-state index contributed by atoms with van der Waals surface area (Å²) in [6.07, 6.45) is 1.33. The molecule has 2 saturated heterocycles. The molecule has 0 radical (unpaired) electrons. The van der Waals surface area contributed by atoms with E-state index < -0.39 is 0 Å². The molecule has 0 amide bonds. The van der Waals surface area contributed by atoms with E-state index in [0.29, 0.717) is 0 Å². The van der Waals surface area contributed by atoms with Gasteiger partial charge in [-0.2, -0.15) is 0 Å². The van der Waals surface area contributed by atoms with Crippen LogP contribution >= 0.6 is 11.6 Å². The minimum Gasteiger partial charge on any atom is -0.311 e. The summed E-state index contributed by atoms with van der Waals surface area (Å²) in [5.74, 6) is 0. The van der Waals surface area contributed by atoms with E-state index in [4.69, 9.17) is 11.6 Å². The van der Waals surface area contributed by atoms with E-state index in [1.165, 1.54) is 18.5 Å². The molecular formula is C12H15ClN2. The Labute approximate surface area is 95.2 Å². The first kappa shape index (κ1) is 9.64. The van der Waals surface area contributed by atoms with Gasteiger partial charge in [0.25, 0.3) is 0 Å². The van der Waals surface area contributed by atoms with Crippen molar-refractivity contribution in [2.45, 2.75) is 25.0 Å². The standard InChI is InChI=1S/C12H15ClN2/c13-10-3-1-9(2-4-10)7-15-8-11-5-12(15)6-14-11/h1-4,11-12,14H,5-8H2/t11-,12-/m0/s1. The van der Waals surface area contributed by atoms with Crippen LogP contribution in [0.25, 0.3) is 0 Å². The van der Waals surface area contributed by atoms with E-state index in [-0.39, 0.29) is 0 Å². The Morgan fingerprint density at radius 1 is 1.33 bits per heavy atom. The third kappa shape index (κ3) is 1.89. The molecule has 2 fully saturated rings. The van der Waals surface area contributed by atoms with Crippen LogP contribution in [0, 0.1) is 0 Å². The van der Waals surface area contributed by atoms with Gasteiger partial charge in [0, 0.05) is 36.7 Å². The lowest BCUT2D eigenvalue weighted by molar-refractivity contribution is 0.218. The van der Waals surface area contributed by atoms with Crippen molar-refractivity contribution in [3.63, 3.8) is 0 Å². The molecule has 0 saturated carbocycles. The summed E-state index contributed by atoms with van der Waals surface area (Å²) in [5.41, 5.74) is 1.37. The number of fused-ring (bicyclic) bond motifs is 2. The van der Waals surface area contributed by atoms with Gasteiger partial charge in [0.15, 0.2) is 0 Å². The molecule has 2 heterocycles. The Bertz CT molecular complexity index is 349. The summed E-state index contributed by atoms with van der Waals surface area (Å²) in [6, 6.07) is 9.70. The van der Waals surface area contributed by atoms with Crippen LogP contribution < -0.4 is 5.32 Å². The van der Waals surface area contributed by atoms with Crippen molar-refractivity contribution in [2.75, 3.05) is 13.1 Å². The molecule has 80 valence electrons. The highest BCUT2D eigenvalue weighted by Gasteiger charge is 2.36. The highest BCUT2D eigenvalue weighted by molar-refractivity contribution is 6.30. The highest BCUT2D eigenvalue weighted by atomic mass is 35.5. The molecule has 0 aliphatic carbocycles. The molecule has 2 nitrogen and oxygen atoms in total. The molecule has 2 aliphatic heterocycles. The number of piperazine rings is 1. The maximum Gasteiger partial charge on any atom is 0.0406 e. The number of halogens is 1. The first-order chi connectivity index (χ1) is 7.31.